The fourth-order valence-corrected chi connectivity index (χ4v) is 4.65. The Morgan fingerprint density at radius 1 is 1.35 bits per heavy atom. The third-order valence-electron chi connectivity index (χ3n) is 4.06. The molecule has 0 spiro atoms. The smallest absolute Gasteiger partial charge is 0.269 e. The monoisotopic (exact) mass is 333 g/mol. The number of carbonyl (C=O) groups excluding carboxylic acids is 1. The zero-order valence-electron chi connectivity index (χ0n) is 12.9. The van der Waals surface area contributed by atoms with Crippen LogP contribution in [0.15, 0.2) is 36.4 Å². The van der Waals surface area contributed by atoms with Gasteiger partial charge in [0, 0.05) is 19.2 Å². The number of amides is 1. The van der Waals surface area contributed by atoms with Crippen molar-refractivity contribution < 1.29 is 13.2 Å². The van der Waals surface area contributed by atoms with E-state index in [1.165, 1.54) is 0 Å². The number of rotatable bonds is 4. The largest absolute Gasteiger partial charge is 0.350 e. The van der Waals surface area contributed by atoms with Gasteiger partial charge in [0.15, 0.2) is 9.84 Å². The SMILES string of the molecule is Cn1nc(-c2ccccc2)cc1C(=O)NC[C@H]1CCS(=O)(=O)C1. The van der Waals surface area contributed by atoms with Gasteiger partial charge in [0.25, 0.3) is 5.91 Å². The molecule has 0 unspecified atom stereocenters. The molecule has 1 amide bonds. The Kier molecular flexibility index (Phi) is 4.21. The summed E-state index contributed by atoms with van der Waals surface area (Å²) in [6, 6.07) is 11.4. The Hall–Kier alpha value is -2.15. The Morgan fingerprint density at radius 3 is 2.74 bits per heavy atom. The lowest BCUT2D eigenvalue weighted by atomic mass is 10.1. The van der Waals surface area contributed by atoms with Gasteiger partial charge >= 0.3 is 0 Å². The van der Waals surface area contributed by atoms with E-state index < -0.39 is 9.84 Å². The van der Waals surface area contributed by atoms with Crippen LogP contribution in [-0.4, -0.2) is 42.2 Å². The van der Waals surface area contributed by atoms with E-state index in [-0.39, 0.29) is 23.3 Å². The second-order valence-corrected chi connectivity index (χ2v) is 8.11. The summed E-state index contributed by atoms with van der Waals surface area (Å²) in [7, 11) is -1.19. The van der Waals surface area contributed by atoms with Crippen LogP contribution in [-0.2, 0) is 16.9 Å². The summed E-state index contributed by atoms with van der Waals surface area (Å²) in [5.41, 5.74) is 2.15. The highest BCUT2D eigenvalue weighted by atomic mass is 32.2. The molecule has 1 saturated heterocycles. The summed E-state index contributed by atoms with van der Waals surface area (Å²) in [6.07, 6.45) is 0.614. The minimum atomic E-state index is -2.92. The van der Waals surface area contributed by atoms with Gasteiger partial charge in [0.2, 0.25) is 0 Å². The lowest BCUT2D eigenvalue weighted by molar-refractivity contribution is 0.0939. The van der Waals surface area contributed by atoms with Crippen LogP contribution in [0.2, 0.25) is 0 Å². The van der Waals surface area contributed by atoms with Crippen molar-refractivity contribution >= 4 is 15.7 Å². The normalized spacial score (nSPS) is 19.6. The number of aryl methyl sites for hydroxylation is 1. The number of sulfone groups is 1. The molecule has 1 aromatic heterocycles. The van der Waals surface area contributed by atoms with Gasteiger partial charge in [-0.05, 0) is 18.4 Å². The van der Waals surface area contributed by atoms with E-state index in [4.69, 9.17) is 0 Å². The first-order valence-electron chi connectivity index (χ1n) is 7.53. The summed E-state index contributed by atoms with van der Waals surface area (Å²) in [5, 5.41) is 7.18. The van der Waals surface area contributed by atoms with Crippen molar-refractivity contribution in [2.75, 3.05) is 18.1 Å². The van der Waals surface area contributed by atoms with Crippen molar-refractivity contribution in [1.82, 2.24) is 15.1 Å². The molecule has 1 atom stereocenters. The molecule has 2 aromatic rings. The lowest BCUT2D eigenvalue weighted by Gasteiger charge is -2.09. The Labute approximate surface area is 135 Å². The minimum absolute atomic E-state index is 0.00534. The van der Waals surface area contributed by atoms with Crippen molar-refractivity contribution in [2.24, 2.45) is 13.0 Å². The van der Waals surface area contributed by atoms with E-state index >= 15 is 0 Å². The van der Waals surface area contributed by atoms with Gasteiger partial charge in [-0.3, -0.25) is 9.48 Å². The molecule has 7 heteroatoms. The Morgan fingerprint density at radius 2 is 2.09 bits per heavy atom. The van der Waals surface area contributed by atoms with Crippen molar-refractivity contribution in [3.05, 3.63) is 42.1 Å². The van der Waals surface area contributed by atoms with Crippen LogP contribution >= 0.6 is 0 Å². The predicted octanol–water partition coefficient (Wildman–Crippen LogP) is 1.25. The van der Waals surface area contributed by atoms with E-state index in [1.54, 1.807) is 17.8 Å². The highest BCUT2D eigenvalue weighted by Gasteiger charge is 2.28. The Balaban J connectivity index is 1.67. The van der Waals surface area contributed by atoms with Gasteiger partial charge < -0.3 is 5.32 Å². The van der Waals surface area contributed by atoms with Crippen molar-refractivity contribution in [3.63, 3.8) is 0 Å². The fraction of sp³-hybridized carbons (Fsp3) is 0.375. The molecule has 23 heavy (non-hydrogen) atoms. The first-order chi connectivity index (χ1) is 10.9. The zero-order chi connectivity index (χ0) is 16.4. The summed E-state index contributed by atoms with van der Waals surface area (Å²) in [6.45, 7) is 0.379. The third kappa shape index (κ3) is 3.61. The zero-order valence-corrected chi connectivity index (χ0v) is 13.7. The van der Waals surface area contributed by atoms with Gasteiger partial charge in [-0.15, -0.1) is 0 Å². The molecule has 1 aliphatic rings. The molecule has 1 N–H and O–H groups in total. The van der Waals surface area contributed by atoms with Gasteiger partial charge in [0.1, 0.15) is 5.69 Å². The van der Waals surface area contributed by atoms with E-state index in [0.29, 0.717) is 18.7 Å². The van der Waals surface area contributed by atoms with Gasteiger partial charge in [-0.2, -0.15) is 5.10 Å². The van der Waals surface area contributed by atoms with Gasteiger partial charge in [-0.25, -0.2) is 8.42 Å². The van der Waals surface area contributed by atoms with Crippen molar-refractivity contribution in [1.29, 1.82) is 0 Å². The topological polar surface area (TPSA) is 81.1 Å². The van der Waals surface area contributed by atoms with Crippen molar-refractivity contribution in [2.45, 2.75) is 6.42 Å². The van der Waals surface area contributed by atoms with Gasteiger partial charge in [0.05, 0.1) is 17.2 Å². The highest BCUT2D eigenvalue weighted by Crippen LogP contribution is 2.19. The number of benzene rings is 1. The third-order valence-corrected chi connectivity index (χ3v) is 5.90. The fourth-order valence-electron chi connectivity index (χ4n) is 2.79. The van der Waals surface area contributed by atoms with Crippen LogP contribution in [0.5, 0.6) is 0 Å². The molecule has 2 heterocycles. The standard InChI is InChI=1S/C16H19N3O3S/c1-19-15(9-14(18-19)13-5-3-2-4-6-13)16(20)17-10-12-7-8-23(21,22)11-12/h2-6,9,12H,7-8,10-11H2,1H3,(H,17,20)/t12-/m1/s1. The predicted molar refractivity (Wildman–Crippen MR) is 87.7 cm³/mol. The van der Waals surface area contributed by atoms with Gasteiger partial charge in [-0.1, -0.05) is 30.3 Å². The van der Waals surface area contributed by atoms with Crippen LogP contribution in [0.3, 0.4) is 0 Å². The number of carbonyl (C=O) groups is 1. The number of hydrogen-bond donors (Lipinski definition) is 1. The molecular formula is C16H19N3O3S. The second-order valence-electron chi connectivity index (χ2n) is 5.88. The first-order valence-corrected chi connectivity index (χ1v) is 9.35. The highest BCUT2D eigenvalue weighted by molar-refractivity contribution is 7.91. The molecule has 3 rings (SSSR count). The van der Waals surface area contributed by atoms with Crippen LogP contribution in [0.4, 0.5) is 0 Å². The average Bonchev–Trinajstić information content (AvgIpc) is 3.08. The lowest BCUT2D eigenvalue weighted by Crippen LogP contribution is -2.31. The number of hydrogen-bond acceptors (Lipinski definition) is 4. The molecule has 6 nitrogen and oxygen atoms in total. The van der Waals surface area contributed by atoms with Crippen LogP contribution in [0.25, 0.3) is 11.3 Å². The molecule has 1 aliphatic heterocycles. The Bertz CT molecular complexity index is 812. The molecule has 1 aromatic carbocycles. The first kappa shape index (κ1) is 15.7. The molecule has 122 valence electrons. The molecule has 0 radical (unpaired) electrons. The average molecular weight is 333 g/mol. The van der Waals surface area contributed by atoms with E-state index in [1.807, 2.05) is 30.3 Å². The maximum Gasteiger partial charge on any atom is 0.269 e. The summed E-state index contributed by atoms with van der Waals surface area (Å²) in [5.74, 6) is 0.156. The van der Waals surface area contributed by atoms with E-state index in [9.17, 15) is 13.2 Å². The maximum absolute atomic E-state index is 12.3. The molecule has 1 fully saturated rings. The summed E-state index contributed by atoms with van der Waals surface area (Å²) in [4.78, 5) is 12.3. The summed E-state index contributed by atoms with van der Waals surface area (Å²) >= 11 is 0. The minimum Gasteiger partial charge on any atom is -0.350 e. The molecular weight excluding hydrogens is 314 g/mol. The van der Waals surface area contributed by atoms with Crippen LogP contribution < -0.4 is 5.32 Å². The number of nitrogens with one attached hydrogen (secondary N) is 1. The second kappa shape index (κ2) is 6.16. The maximum atomic E-state index is 12.3. The molecule has 0 aliphatic carbocycles. The molecule has 0 saturated carbocycles. The van der Waals surface area contributed by atoms with E-state index in [0.717, 1.165) is 11.3 Å². The van der Waals surface area contributed by atoms with Crippen LogP contribution in [0, 0.1) is 5.92 Å². The number of aromatic nitrogens is 2. The molecule has 0 bridgehead atoms. The van der Waals surface area contributed by atoms with Crippen molar-refractivity contribution in [3.8, 4) is 11.3 Å². The van der Waals surface area contributed by atoms with Crippen LogP contribution in [0.1, 0.15) is 16.9 Å². The summed E-state index contributed by atoms with van der Waals surface area (Å²) < 4.78 is 24.4. The van der Waals surface area contributed by atoms with E-state index in [2.05, 4.69) is 10.4 Å². The number of nitrogens with zero attached hydrogens (tertiary/aromatic N) is 2. The quantitative estimate of drug-likeness (QED) is 0.913.